The number of hydrogen-bond acceptors (Lipinski definition) is 0. The van der Waals surface area contributed by atoms with Gasteiger partial charge in [0.25, 0.3) is 0 Å². The van der Waals surface area contributed by atoms with Crippen LogP contribution in [-0.4, -0.2) is 0 Å². The van der Waals surface area contributed by atoms with Gasteiger partial charge in [0.2, 0.25) is 0 Å². The van der Waals surface area contributed by atoms with Gasteiger partial charge < -0.3 is 0 Å². The molecule has 0 aromatic heterocycles. The highest BCUT2D eigenvalue weighted by Crippen LogP contribution is 2.52. The summed E-state index contributed by atoms with van der Waals surface area (Å²) in [5, 5.41) is 0. The average molecular weight is 589 g/mol. The first-order valence-electron chi connectivity index (χ1n) is 17.0. The molecule has 0 spiro atoms. The lowest BCUT2D eigenvalue weighted by atomic mass is 9.59. The highest BCUT2D eigenvalue weighted by Gasteiger charge is 2.42. The van der Waals surface area contributed by atoms with Crippen molar-refractivity contribution < 1.29 is 0 Å². The van der Waals surface area contributed by atoms with Gasteiger partial charge in [0.15, 0.2) is 0 Å². The van der Waals surface area contributed by atoms with Crippen LogP contribution >= 0.6 is 0 Å². The second-order valence-electron chi connectivity index (χ2n) is 21.4. The molecule has 0 heteroatoms. The minimum atomic E-state index is -0.199. The first-order valence-corrected chi connectivity index (χ1v) is 17.0. The third-order valence-electron chi connectivity index (χ3n) is 9.28. The molecule has 0 amide bonds. The zero-order valence-corrected chi connectivity index (χ0v) is 33.2. The van der Waals surface area contributed by atoms with Gasteiger partial charge in [-0.3, -0.25) is 0 Å². The lowest BCUT2D eigenvalue weighted by molar-refractivity contribution is 0.463. The zero-order valence-electron chi connectivity index (χ0n) is 33.2. The monoisotopic (exact) mass is 589 g/mol. The molecule has 0 aliphatic heterocycles. The van der Waals surface area contributed by atoms with E-state index in [1.165, 1.54) is 38.9 Å². The van der Waals surface area contributed by atoms with Crippen molar-refractivity contribution in [2.75, 3.05) is 0 Å². The Hall–Kier alpha value is -1.56. The molecule has 0 nitrogen and oxygen atoms in total. The predicted molar refractivity (Wildman–Crippen MR) is 196 cm³/mol. The SMILES string of the molecule is CC(C)(C)c1cc(C(C)(C)c2cc(C(C)(C)C)c(C(C)(C)C)c(C(C)(C)C)c2C(C)(C)C)cc(C(C)(C)C)c1C(C)(C)C. The van der Waals surface area contributed by atoms with Crippen molar-refractivity contribution in [3.8, 4) is 0 Å². The molecule has 0 N–H and O–H groups in total. The van der Waals surface area contributed by atoms with Crippen LogP contribution in [-0.2, 0) is 43.3 Å². The van der Waals surface area contributed by atoms with Gasteiger partial charge in [0.05, 0.1) is 0 Å². The third-order valence-corrected chi connectivity index (χ3v) is 9.28. The summed E-state index contributed by atoms with van der Waals surface area (Å²) in [6.07, 6.45) is 0. The molecule has 2 aromatic rings. The van der Waals surface area contributed by atoms with Crippen molar-refractivity contribution in [3.63, 3.8) is 0 Å². The van der Waals surface area contributed by atoms with Gasteiger partial charge in [-0.25, -0.2) is 0 Å². The molecule has 2 rings (SSSR count). The van der Waals surface area contributed by atoms with E-state index in [9.17, 15) is 0 Å². The van der Waals surface area contributed by atoms with Crippen molar-refractivity contribution in [2.24, 2.45) is 0 Å². The standard InChI is InChI=1S/C43H72/c1-36(2,3)28-24-27(25-29(37(4,5)6)32(28)39(10,11)12)43(22,23)31-26-30(38(7,8)9)33(40(13,14)15)35(42(19,20)21)34(31)41(16,17)18/h24-26H,1-23H3. The fourth-order valence-electron chi connectivity index (χ4n) is 7.22. The Labute approximate surface area is 270 Å². The summed E-state index contributed by atoms with van der Waals surface area (Å²) in [4.78, 5) is 0. The van der Waals surface area contributed by atoms with Gasteiger partial charge in [-0.1, -0.05) is 177 Å². The summed E-state index contributed by atoms with van der Waals surface area (Å²) in [6, 6.07) is 7.82. The molecule has 0 saturated heterocycles. The molecule has 244 valence electrons. The van der Waals surface area contributed by atoms with Crippen LogP contribution in [0.1, 0.15) is 209 Å². The summed E-state index contributed by atoms with van der Waals surface area (Å²) < 4.78 is 0. The lowest BCUT2D eigenvalue weighted by Gasteiger charge is -2.45. The summed E-state index contributed by atoms with van der Waals surface area (Å²) in [5.74, 6) is 0. The van der Waals surface area contributed by atoms with Gasteiger partial charge >= 0.3 is 0 Å². The van der Waals surface area contributed by atoms with E-state index in [-0.39, 0.29) is 43.3 Å². The van der Waals surface area contributed by atoms with Crippen molar-refractivity contribution >= 4 is 0 Å². The van der Waals surface area contributed by atoms with E-state index in [0.29, 0.717) is 0 Å². The molecule has 2 aromatic carbocycles. The second-order valence-corrected chi connectivity index (χ2v) is 21.4. The van der Waals surface area contributed by atoms with Gasteiger partial charge in [0, 0.05) is 5.41 Å². The summed E-state index contributed by atoms with van der Waals surface area (Å²) in [6.45, 7) is 55.6. The Morgan fingerprint density at radius 1 is 0.256 bits per heavy atom. The van der Waals surface area contributed by atoms with Crippen molar-refractivity contribution in [3.05, 3.63) is 68.3 Å². The first-order chi connectivity index (χ1) is 18.5. The topological polar surface area (TPSA) is 0 Å². The molecule has 0 aliphatic rings. The highest BCUT2D eigenvalue weighted by atomic mass is 14.5. The van der Waals surface area contributed by atoms with Crippen LogP contribution in [0.15, 0.2) is 18.2 Å². The summed E-state index contributed by atoms with van der Waals surface area (Å²) in [7, 11) is 0. The van der Waals surface area contributed by atoms with Gasteiger partial charge in [0.1, 0.15) is 0 Å². The number of hydrogen-bond donors (Lipinski definition) is 0. The van der Waals surface area contributed by atoms with Gasteiger partial charge in [-0.2, -0.15) is 0 Å². The van der Waals surface area contributed by atoms with Gasteiger partial charge in [-0.05, 0) is 88.0 Å². The van der Waals surface area contributed by atoms with Crippen LogP contribution in [0, 0.1) is 0 Å². The molecule has 0 unspecified atom stereocenters. The van der Waals surface area contributed by atoms with E-state index in [1.807, 2.05) is 0 Å². The zero-order chi connectivity index (χ0) is 34.3. The fourth-order valence-corrected chi connectivity index (χ4v) is 7.22. The van der Waals surface area contributed by atoms with Crippen molar-refractivity contribution in [2.45, 2.75) is 203 Å². The minimum absolute atomic E-state index is 0.000545. The van der Waals surface area contributed by atoms with E-state index in [2.05, 4.69) is 177 Å². The molecule has 0 bridgehead atoms. The van der Waals surface area contributed by atoms with E-state index < -0.39 is 0 Å². The van der Waals surface area contributed by atoms with Crippen molar-refractivity contribution in [1.29, 1.82) is 0 Å². The van der Waals surface area contributed by atoms with Crippen LogP contribution in [0.25, 0.3) is 0 Å². The molecule has 0 saturated carbocycles. The molecule has 0 heterocycles. The molecular formula is C43H72. The molecular weight excluding hydrogens is 516 g/mol. The summed E-state index contributed by atoms with van der Waals surface area (Å²) in [5.41, 5.74) is 13.5. The lowest BCUT2D eigenvalue weighted by Crippen LogP contribution is -2.36. The maximum Gasteiger partial charge on any atom is 0.0149 e. The first kappa shape index (κ1) is 37.6. The van der Waals surface area contributed by atoms with Crippen LogP contribution in [0.4, 0.5) is 0 Å². The highest BCUT2D eigenvalue weighted by molar-refractivity contribution is 5.61. The maximum absolute atomic E-state index is 2.64. The maximum atomic E-state index is 2.64. The van der Waals surface area contributed by atoms with E-state index >= 15 is 0 Å². The van der Waals surface area contributed by atoms with Gasteiger partial charge in [-0.15, -0.1) is 0 Å². The van der Waals surface area contributed by atoms with Crippen LogP contribution in [0.3, 0.4) is 0 Å². The third kappa shape index (κ3) is 7.64. The Kier molecular flexibility index (Phi) is 9.42. The largest absolute Gasteiger partial charge is 0.0561 e. The molecule has 43 heavy (non-hydrogen) atoms. The van der Waals surface area contributed by atoms with E-state index in [1.54, 1.807) is 11.1 Å². The normalized spacial score (nSPS) is 14.9. The van der Waals surface area contributed by atoms with Crippen LogP contribution < -0.4 is 0 Å². The molecule has 0 aliphatic carbocycles. The van der Waals surface area contributed by atoms with E-state index in [4.69, 9.17) is 0 Å². The fraction of sp³-hybridized carbons (Fsp3) is 0.721. The second kappa shape index (κ2) is 10.8. The minimum Gasteiger partial charge on any atom is -0.0561 e. The summed E-state index contributed by atoms with van der Waals surface area (Å²) >= 11 is 0. The molecule has 0 radical (unpaired) electrons. The average Bonchev–Trinajstić information content (AvgIpc) is 2.72. The Balaban J connectivity index is 3.41. The predicted octanol–water partition coefficient (Wildman–Crippen LogP) is 13.1. The Morgan fingerprint density at radius 3 is 0.767 bits per heavy atom. The Morgan fingerprint density at radius 2 is 0.512 bits per heavy atom. The van der Waals surface area contributed by atoms with Crippen LogP contribution in [0.5, 0.6) is 0 Å². The number of benzene rings is 2. The van der Waals surface area contributed by atoms with E-state index in [0.717, 1.165) is 0 Å². The molecule has 0 atom stereocenters. The van der Waals surface area contributed by atoms with Crippen LogP contribution in [0.2, 0.25) is 0 Å². The number of rotatable bonds is 2. The smallest absolute Gasteiger partial charge is 0.0149 e. The van der Waals surface area contributed by atoms with Crippen molar-refractivity contribution in [1.82, 2.24) is 0 Å². The molecule has 0 fully saturated rings. The quantitative estimate of drug-likeness (QED) is 0.327. The Bertz CT molecular complexity index is 1290.